The van der Waals surface area contributed by atoms with E-state index in [1.165, 1.54) is 0 Å². The maximum Gasteiger partial charge on any atom is 0.0497 e. The summed E-state index contributed by atoms with van der Waals surface area (Å²) < 4.78 is 0. The fourth-order valence-corrected chi connectivity index (χ4v) is 0.979. The molecule has 1 aromatic rings. The average molecular weight is 151 g/mol. The van der Waals surface area contributed by atoms with E-state index in [-0.39, 0.29) is 12.5 Å². The summed E-state index contributed by atoms with van der Waals surface area (Å²) in [5.74, 6) is 0.219. The van der Waals surface area contributed by atoms with Crippen LogP contribution in [0.4, 0.5) is 0 Å². The summed E-state index contributed by atoms with van der Waals surface area (Å²) in [5.41, 5.74) is 2.16. The van der Waals surface area contributed by atoms with E-state index in [0.717, 1.165) is 11.3 Å². The van der Waals surface area contributed by atoms with E-state index in [2.05, 4.69) is 4.98 Å². The topological polar surface area (TPSA) is 33.1 Å². The molecule has 2 nitrogen and oxygen atoms in total. The first-order chi connectivity index (χ1) is 5.24. The van der Waals surface area contributed by atoms with E-state index in [0.29, 0.717) is 0 Å². The van der Waals surface area contributed by atoms with Crippen molar-refractivity contribution in [3.63, 3.8) is 0 Å². The Kier molecular flexibility index (Phi) is 2.60. The van der Waals surface area contributed by atoms with E-state index in [1.54, 1.807) is 6.20 Å². The molecule has 0 amide bonds. The molecule has 1 rings (SSSR count). The van der Waals surface area contributed by atoms with E-state index in [1.807, 2.05) is 26.0 Å². The number of hydrogen-bond donors (Lipinski definition) is 1. The molecule has 0 aliphatic heterocycles. The van der Waals surface area contributed by atoms with Gasteiger partial charge in [-0.1, -0.05) is 6.92 Å². The zero-order valence-corrected chi connectivity index (χ0v) is 6.91. The smallest absolute Gasteiger partial charge is 0.0497 e. The van der Waals surface area contributed by atoms with Crippen LogP contribution in [0.1, 0.15) is 24.1 Å². The fraction of sp³-hybridized carbons (Fsp3) is 0.444. The SMILES string of the molecule is Cc1cc(C(C)CO)ccn1. The zero-order valence-electron chi connectivity index (χ0n) is 6.91. The average Bonchev–Trinajstić information content (AvgIpc) is 2.03. The van der Waals surface area contributed by atoms with Gasteiger partial charge < -0.3 is 5.11 Å². The monoisotopic (exact) mass is 151 g/mol. The van der Waals surface area contributed by atoms with Crippen LogP contribution in [0, 0.1) is 6.92 Å². The molecule has 0 bridgehead atoms. The third kappa shape index (κ3) is 2.02. The molecule has 0 saturated heterocycles. The summed E-state index contributed by atoms with van der Waals surface area (Å²) in [4.78, 5) is 4.07. The van der Waals surface area contributed by atoms with Gasteiger partial charge in [0.05, 0.1) is 0 Å². The van der Waals surface area contributed by atoms with Crippen molar-refractivity contribution >= 4 is 0 Å². The van der Waals surface area contributed by atoms with E-state index >= 15 is 0 Å². The molecule has 1 N–H and O–H groups in total. The van der Waals surface area contributed by atoms with Crippen LogP contribution >= 0.6 is 0 Å². The van der Waals surface area contributed by atoms with Crippen molar-refractivity contribution in [3.8, 4) is 0 Å². The quantitative estimate of drug-likeness (QED) is 0.694. The van der Waals surface area contributed by atoms with Gasteiger partial charge in [-0.2, -0.15) is 0 Å². The third-order valence-electron chi connectivity index (χ3n) is 1.76. The lowest BCUT2D eigenvalue weighted by Gasteiger charge is -2.07. The van der Waals surface area contributed by atoms with Gasteiger partial charge in [-0.05, 0) is 24.6 Å². The summed E-state index contributed by atoms with van der Waals surface area (Å²) in [6.07, 6.45) is 1.77. The summed E-state index contributed by atoms with van der Waals surface area (Å²) in [6.45, 7) is 4.14. The number of aliphatic hydroxyl groups is 1. The van der Waals surface area contributed by atoms with Crippen LogP contribution in [0.2, 0.25) is 0 Å². The second-order valence-electron chi connectivity index (χ2n) is 2.81. The van der Waals surface area contributed by atoms with Crippen LogP contribution in [-0.4, -0.2) is 16.7 Å². The molecule has 2 heteroatoms. The fourth-order valence-electron chi connectivity index (χ4n) is 0.979. The minimum atomic E-state index is 0.198. The molecule has 1 atom stereocenters. The van der Waals surface area contributed by atoms with Crippen LogP contribution in [0.25, 0.3) is 0 Å². The van der Waals surface area contributed by atoms with Crippen molar-refractivity contribution in [3.05, 3.63) is 29.6 Å². The molecule has 11 heavy (non-hydrogen) atoms. The number of nitrogens with zero attached hydrogens (tertiary/aromatic N) is 1. The lowest BCUT2D eigenvalue weighted by molar-refractivity contribution is 0.273. The normalized spacial score (nSPS) is 13.0. The summed E-state index contributed by atoms with van der Waals surface area (Å²) >= 11 is 0. The van der Waals surface area contributed by atoms with Crippen LogP contribution in [0.15, 0.2) is 18.3 Å². The molecular weight excluding hydrogens is 138 g/mol. The molecule has 0 spiro atoms. The zero-order chi connectivity index (χ0) is 8.27. The number of rotatable bonds is 2. The predicted octanol–water partition coefficient (Wildman–Crippen LogP) is 1.49. The number of aryl methyl sites for hydroxylation is 1. The summed E-state index contributed by atoms with van der Waals surface area (Å²) in [7, 11) is 0. The van der Waals surface area contributed by atoms with Crippen LogP contribution < -0.4 is 0 Å². The Labute approximate surface area is 66.9 Å². The Morgan fingerprint density at radius 2 is 2.36 bits per heavy atom. The molecule has 1 heterocycles. The molecule has 0 aromatic carbocycles. The molecule has 1 aromatic heterocycles. The minimum absolute atomic E-state index is 0.198. The molecule has 0 fully saturated rings. The Morgan fingerprint density at radius 3 is 2.91 bits per heavy atom. The van der Waals surface area contributed by atoms with Gasteiger partial charge in [-0.3, -0.25) is 4.98 Å². The Bertz CT molecular complexity index is 235. The highest BCUT2D eigenvalue weighted by Gasteiger charge is 2.02. The van der Waals surface area contributed by atoms with E-state index in [9.17, 15) is 0 Å². The van der Waals surface area contributed by atoms with Gasteiger partial charge in [0.15, 0.2) is 0 Å². The first-order valence-electron chi connectivity index (χ1n) is 3.77. The molecule has 0 saturated carbocycles. The van der Waals surface area contributed by atoms with Gasteiger partial charge in [0.25, 0.3) is 0 Å². The van der Waals surface area contributed by atoms with Gasteiger partial charge >= 0.3 is 0 Å². The van der Waals surface area contributed by atoms with Gasteiger partial charge in [0.1, 0.15) is 0 Å². The lowest BCUT2D eigenvalue weighted by Crippen LogP contribution is -1.99. The highest BCUT2D eigenvalue weighted by molar-refractivity contribution is 5.19. The Hall–Kier alpha value is -0.890. The van der Waals surface area contributed by atoms with Gasteiger partial charge in [0, 0.05) is 24.4 Å². The Morgan fingerprint density at radius 1 is 1.64 bits per heavy atom. The molecule has 60 valence electrons. The minimum Gasteiger partial charge on any atom is -0.396 e. The standard InChI is InChI=1S/C9H13NO/c1-7(6-11)9-3-4-10-8(2)5-9/h3-5,7,11H,6H2,1-2H3. The van der Waals surface area contributed by atoms with E-state index in [4.69, 9.17) is 5.11 Å². The summed E-state index contributed by atoms with van der Waals surface area (Å²) in [5, 5.41) is 8.86. The van der Waals surface area contributed by atoms with Crippen molar-refractivity contribution < 1.29 is 5.11 Å². The molecule has 0 aliphatic carbocycles. The first kappa shape index (κ1) is 8.21. The van der Waals surface area contributed by atoms with Gasteiger partial charge in [-0.25, -0.2) is 0 Å². The maximum absolute atomic E-state index is 8.86. The second-order valence-corrected chi connectivity index (χ2v) is 2.81. The number of pyridine rings is 1. The van der Waals surface area contributed by atoms with Gasteiger partial charge in [0.2, 0.25) is 0 Å². The van der Waals surface area contributed by atoms with Gasteiger partial charge in [-0.15, -0.1) is 0 Å². The maximum atomic E-state index is 8.86. The van der Waals surface area contributed by atoms with Crippen LogP contribution in [0.5, 0.6) is 0 Å². The number of aromatic nitrogens is 1. The lowest BCUT2D eigenvalue weighted by atomic mass is 10.0. The molecule has 0 radical (unpaired) electrons. The van der Waals surface area contributed by atoms with Crippen molar-refractivity contribution in [2.75, 3.05) is 6.61 Å². The van der Waals surface area contributed by atoms with Crippen molar-refractivity contribution in [1.29, 1.82) is 0 Å². The predicted molar refractivity (Wildman–Crippen MR) is 44.5 cm³/mol. The van der Waals surface area contributed by atoms with Crippen molar-refractivity contribution in [1.82, 2.24) is 4.98 Å². The highest BCUT2D eigenvalue weighted by Crippen LogP contribution is 2.13. The van der Waals surface area contributed by atoms with Crippen molar-refractivity contribution in [2.45, 2.75) is 19.8 Å². The van der Waals surface area contributed by atoms with Crippen molar-refractivity contribution in [2.24, 2.45) is 0 Å². The molecule has 1 unspecified atom stereocenters. The van der Waals surface area contributed by atoms with E-state index < -0.39 is 0 Å². The van der Waals surface area contributed by atoms with Crippen LogP contribution in [0.3, 0.4) is 0 Å². The molecular formula is C9H13NO. The largest absolute Gasteiger partial charge is 0.396 e. The summed E-state index contributed by atoms with van der Waals surface area (Å²) in [6, 6.07) is 3.94. The van der Waals surface area contributed by atoms with Crippen LogP contribution in [-0.2, 0) is 0 Å². The number of hydrogen-bond acceptors (Lipinski definition) is 2. The Balaban J connectivity index is 2.86. The highest BCUT2D eigenvalue weighted by atomic mass is 16.3. The second kappa shape index (κ2) is 3.49. The third-order valence-corrected chi connectivity index (χ3v) is 1.76. The number of aliphatic hydroxyl groups excluding tert-OH is 1. The molecule has 0 aliphatic rings. The first-order valence-corrected chi connectivity index (χ1v) is 3.77.